The number of hydrogen-bond donors (Lipinski definition) is 1. The van der Waals surface area contributed by atoms with Crippen molar-refractivity contribution >= 4 is 23.4 Å². The maximum Gasteiger partial charge on any atom is 0.243 e. The molecule has 1 aliphatic heterocycles. The van der Waals surface area contributed by atoms with Gasteiger partial charge in [-0.15, -0.1) is 5.10 Å². The van der Waals surface area contributed by atoms with Crippen molar-refractivity contribution in [2.45, 2.75) is 18.9 Å². The van der Waals surface area contributed by atoms with E-state index in [1.54, 1.807) is 6.07 Å². The Labute approximate surface area is 103 Å². The van der Waals surface area contributed by atoms with Gasteiger partial charge >= 0.3 is 0 Å². The van der Waals surface area contributed by atoms with Gasteiger partial charge in [0.15, 0.2) is 5.65 Å². The number of hydrogen-bond acceptors (Lipinski definition) is 4. The molecule has 0 aromatic carbocycles. The van der Waals surface area contributed by atoms with Crippen LogP contribution in [0.3, 0.4) is 0 Å². The highest BCUT2D eigenvalue weighted by atomic mass is 32.2. The molecule has 3 heterocycles. The zero-order chi connectivity index (χ0) is 11.7. The molecule has 0 aliphatic carbocycles. The molecule has 1 N–H and O–H groups in total. The molecule has 0 radical (unpaired) electrons. The Morgan fingerprint density at radius 2 is 2.41 bits per heavy atom. The summed E-state index contributed by atoms with van der Waals surface area (Å²) >= 11 is 1.95. The quantitative estimate of drug-likeness (QED) is 0.889. The fourth-order valence-corrected chi connectivity index (χ4v) is 3.03. The van der Waals surface area contributed by atoms with Crippen LogP contribution in [-0.2, 0) is 0 Å². The number of halogens is 1. The van der Waals surface area contributed by atoms with E-state index in [4.69, 9.17) is 0 Å². The van der Waals surface area contributed by atoms with Crippen molar-refractivity contribution in [3.05, 3.63) is 24.1 Å². The number of rotatable bonds is 2. The van der Waals surface area contributed by atoms with Crippen molar-refractivity contribution < 1.29 is 4.39 Å². The number of pyridine rings is 1. The Bertz CT molecular complexity index is 521. The summed E-state index contributed by atoms with van der Waals surface area (Å²) < 4.78 is 14.5. The van der Waals surface area contributed by atoms with Gasteiger partial charge < -0.3 is 5.32 Å². The molecule has 1 fully saturated rings. The van der Waals surface area contributed by atoms with Gasteiger partial charge in [-0.1, -0.05) is 0 Å². The third-order valence-corrected chi connectivity index (χ3v) is 4.00. The summed E-state index contributed by atoms with van der Waals surface area (Å²) in [4.78, 5) is 4.31. The molecule has 3 rings (SSSR count). The van der Waals surface area contributed by atoms with Crippen molar-refractivity contribution in [3.63, 3.8) is 0 Å². The first-order valence-corrected chi connectivity index (χ1v) is 6.83. The molecule has 90 valence electrons. The summed E-state index contributed by atoms with van der Waals surface area (Å²) in [5.41, 5.74) is 0.664. The van der Waals surface area contributed by atoms with Crippen molar-refractivity contribution in [3.8, 4) is 0 Å². The summed E-state index contributed by atoms with van der Waals surface area (Å²) in [7, 11) is 0. The maximum atomic E-state index is 13.0. The van der Waals surface area contributed by atoms with Gasteiger partial charge in [0.1, 0.15) is 5.82 Å². The Balaban J connectivity index is 1.80. The average molecular weight is 252 g/mol. The normalized spacial score (nSPS) is 20.6. The molecule has 6 heteroatoms. The molecule has 17 heavy (non-hydrogen) atoms. The molecule has 1 aliphatic rings. The SMILES string of the molecule is Fc1ccc2nc(NC3CCCSC3)nn2c1. The van der Waals surface area contributed by atoms with E-state index in [1.165, 1.54) is 29.0 Å². The highest BCUT2D eigenvalue weighted by molar-refractivity contribution is 7.99. The lowest BCUT2D eigenvalue weighted by molar-refractivity contribution is 0.614. The second kappa shape index (κ2) is 4.52. The first-order chi connectivity index (χ1) is 8.31. The van der Waals surface area contributed by atoms with Crippen LogP contribution in [0.4, 0.5) is 10.3 Å². The molecule has 4 nitrogen and oxygen atoms in total. The van der Waals surface area contributed by atoms with Crippen LogP contribution in [0, 0.1) is 5.82 Å². The predicted molar refractivity (Wildman–Crippen MR) is 66.9 cm³/mol. The molecule has 0 spiro atoms. The lowest BCUT2D eigenvalue weighted by Crippen LogP contribution is -2.26. The molecule has 2 aromatic rings. The minimum Gasteiger partial charge on any atom is -0.349 e. The lowest BCUT2D eigenvalue weighted by Gasteiger charge is -2.21. The highest BCUT2D eigenvalue weighted by Crippen LogP contribution is 2.19. The van der Waals surface area contributed by atoms with Crippen LogP contribution in [-0.4, -0.2) is 32.1 Å². The highest BCUT2D eigenvalue weighted by Gasteiger charge is 2.15. The lowest BCUT2D eigenvalue weighted by atomic mass is 10.2. The van der Waals surface area contributed by atoms with E-state index in [1.807, 2.05) is 11.8 Å². The van der Waals surface area contributed by atoms with Gasteiger partial charge in [0.25, 0.3) is 0 Å². The molecular formula is C11H13FN4S. The Morgan fingerprint density at radius 3 is 3.24 bits per heavy atom. The number of nitrogens with one attached hydrogen (secondary N) is 1. The van der Waals surface area contributed by atoms with E-state index in [-0.39, 0.29) is 5.82 Å². The van der Waals surface area contributed by atoms with Crippen LogP contribution in [0.15, 0.2) is 18.3 Å². The first-order valence-electron chi connectivity index (χ1n) is 5.67. The van der Waals surface area contributed by atoms with Gasteiger partial charge in [0.2, 0.25) is 5.95 Å². The van der Waals surface area contributed by atoms with Crippen LogP contribution in [0.1, 0.15) is 12.8 Å². The minimum absolute atomic E-state index is 0.304. The van der Waals surface area contributed by atoms with Gasteiger partial charge in [0, 0.05) is 11.8 Å². The number of aromatic nitrogens is 3. The standard InChI is InChI=1S/C11H13FN4S/c12-8-3-4-10-14-11(15-16(10)6-8)13-9-2-1-5-17-7-9/h3-4,6,9H,1-2,5,7H2,(H,13,15). The van der Waals surface area contributed by atoms with E-state index >= 15 is 0 Å². The van der Waals surface area contributed by atoms with Crippen LogP contribution in [0.2, 0.25) is 0 Å². The van der Waals surface area contributed by atoms with Gasteiger partial charge in [-0.25, -0.2) is 8.91 Å². The largest absolute Gasteiger partial charge is 0.349 e. The van der Waals surface area contributed by atoms with Crippen LogP contribution < -0.4 is 5.32 Å². The summed E-state index contributed by atoms with van der Waals surface area (Å²) in [6.45, 7) is 0. The zero-order valence-corrected chi connectivity index (χ0v) is 10.1. The van der Waals surface area contributed by atoms with E-state index in [9.17, 15) is 4.39 Å². The number of nitrogens with zero attached hydrogens (tertiary/aromatic N) is 3. The molecule has 1 unspecified atom stereocenters. The van der Waals surface area contributed by atoms with E-state index < -0.39 is 0 Å². The van der Waals surface area contributed by atoms with Crippen molar-refractivity contribution in [1.29, 1.82) is 0 Å². The van der Waals surface area contributed by atoms with Gasteiger partial charge in [0.05, 0.1) is 6.20 Å². The van der Waals surface area contributed by atoms with Crippen molar-refractivity contribution in [2.24, 2.45) is 0 Å². The third-order valence-electron chi connectivity index (χ3n) is 2.79. The zero-order valence-electron chi connectivity index (χ0n) is 9.27. The topological polar surface area (TPSA) is 42.2 Å². The van der Waals surface area contributed by atoms with E-state index in [2.05, 4.69) is 15.4 Å². The fourth-order valence-electron chi connectivity index (χ4n) is 1.96. The fraction of sp³-hybridized carbons (Fsp3) is 0.455. The average Bonchev–Trinajstić information content (AvgIpc) is 2.71. The summed E-state index contributed by atoms with van der Waals surface area (Å²) in [5.74, 6) is 2.61. The van der Waals surface area contributed by atoms with E-state index in [0.29, 0.717) is 17.6 Å². The maximum absolute atomic E-state index is 13.0. The van der Waals surface area contributed by atoms with E-state index in [0.717, 1.165) is 12.2 Å². The summed E-state index contributed by atoms with van der Waals surface area (Å²) in [6, 6.07) is 3.45. The number of anilines is 1. The third kappa shape index (κ3) is 2.36. The number of fused-ring (bicyclic) bond motifs is 1. The minimum atomic E-state index is -0.304. The molecule has 0 bridgehead atoms. The summed E-state index contributed by atoms with van der Waals surface area (Å²) in [5, 5.41) is 7.52. The van der Waals surface area contributed by atoms with Crippen LogP contribution in [0.25, 0.3) is 5.65 Å². The Hall–Kier alpha value is -1.30. The molecular weight excluding hydrogens is 239 g/mol. The van der Waals surface area contributed by atoms with Crippen molar-refractivity contribution in [1.82, 2.24) is 14.6 Å². The predicted octanol–water partition coefficient (Wildman–Crippen LogP) is 2.18. The molecule has 0 amide bonds. The van der Waals surface area contributed by atoms with Crippen molar-refractivity contribution in [2.75, 3.05) is 16.8 Å². The first kappa shape index (κ1) is 10.8. The second-order valence-electron chi connectivity index (χ2n) is 4.14. The van der Waals surface area contributed by atoms with Crippen LogP contribution >= 0.6 is 11.8 Å². The smallest absolute Gasteiger partial charge is 0.243 e. The Kier molecular flexibility index (Phi) is 2.88. The molecule has 1 saturated heterocycles. The van der Waals surface area contributed by atoms with Crippen LogP contribution in [0.5, 0.6) is 0 Å². The molecule has 2 aromatic heterocycles. The van der Waals surface area contributed by atoms with Gasteiger partial charge in [-0.2, -0.15) is 16.7 Å². The number of thioether (sulfide) groups is 1. The second-order valence-corrected chi connectivity index (χ2v) is 5.29. The molecule has 1 atom stereocenters. The summed E-state index contributed by atoms with van der Waals surface area (Å²) in [6.07, 6.45) is 3.71. The van der Waals surface area contributed by atoms with Gasteiger partial charge in [-0.05, 0) is 30.7 Å². The Morgan fingerprint density at radius 1 is 1.47 bits per heavy atom. The molecule has 0 saturated carbocycles. The monoisotopic (exact) mass is 252 g/mol. The van der Waals surface area contributed by atoms with Gasteiger partial charge in [-0.3, -0.25) is 0 Å².